The van der Waals surface area contributed by atoms with E-state index in [2.05, 4.69) is 5.32 Å². The summed E-state index contributed by atoms with van der Waals surface area (Å²) in [5.74, 6) is -0.296. The Morgan fingerprint density at radius 3 is 2.27 bits per heavy atom. The van der Waals surface area contributed by atoms with Gasteiger partial charge in [-0.1, -0.05) is 24.3 Å². The highest BCUT2D eigenvalue weighted by molar-refractivity contribution is 6.01. The molecular formula is C15H16F3NO3. The van der Waals surface area contributed by atoms with Gasteiger partial charge in [-0.2, -0.15) is 13.2 Å². The van der Waals surface area contributed by atoms with Crippen molar-refractivity contribution in [3.8, 4) is 0 Å². The number of alkyl halides is 3. The number of fused-ring (bicyclic) bond motifs is 1. The SMILES string of the molecule is FC(F)(F)COC1CCc2ccccc21.O=C1CCC(=O)N1. The molecule has 0 saturated carbocycles. The van der Waals surface area contributed by atoms with E-state index in [1.54, 1.807) is 0 Å². The molecule has 0 spiro atoms. The van der Waals surface area contributed by atoms with Crippen LogP contribution in [-0.2, 0) is 20.7 Å². The van der Waals surface area contributed by atoms with Crippen molar-refractivity contribution >= 4 is 11.8 Å². The fourth-order valence-corrected chi connectivity index (χ4v) is 2.39. The Balaban J connectivity index is 0.000000211. The first-order chi connectivity index (χ1) is 10.3. The molecule has 1 unspecified atom stereocenters. The van der Waals surface area contributed by atoms with E-state index >= 15 is 0 Å². The molecule has 3 rings (SSSR count). The molecular weight excluding hydrogens is 299 g/mol. The summed E-state index contributed by atoms with van der Waals surface area (Å²) in [6.07, 6.45) is -2.42. The molecule has 1 aliphatic carbocycles. The lowest BCUT2D eigenvalue weighted by Crippen LogP contribution is -2.18. The van der Waals surface area contributed by atoms with Gasteiger partial charge < -0.3 is 4.74 Å². The summed E-state index contributed by atoms with van der Waals surface area (Å²) in [5.41, 5.74) is 2.01. The van der Waals surface area contributed by atoms with Crippen molar-refractivity contribution < 1.29 is 27.5 Å². The number of carbonyl (C=O) groups excluding carboxylic acids is 2. The standard InChI is InChI=1S/C11H11F3O.C4H5NO2/c12-11(13,14)7-15-10-6-5-8-3-1-2-4-9(8)10;6-3-1-2-4(7)5-3/h1-4,10H,5-7H2;1-2H2,(H,5,6,7). The quantitative estimate of drug-likeness (QED) is 0.854. The lowest BCUT2D eigenvalue weighted by Gasteiger charge is -2.14. The van der Waals surface area contributed by atoms with Gasteiger partial charge in [0.15, 0.2) is 0 Å². The summed E-state index contributed by atoms with van der Waals surface area (Å²) in [7, 11) is 0. The molecule has 1 atom stereocenters. The largest absolute Gasteiger partial charge is 0.411 e. The molecule has 1 heterocycles. The fourth-order valence-electron chi connectivity index (χ4n) is 2.39. The molecule has 2 amide bonds. The number of imide groups is 1. The second-order valence-corrected chi connectivity index (χ2v) is 5.12. The zero-order chi connectivity index (χ0) is 16.2. The van der Waals surface area contributed by atoms with Gasteiger partial charge in [0.25, 0.3) is 0 Å². The van der Waals surface area contributed by atoms with Crippen LogP contribution in [0.3, 0.4) is 0 Å². The Bertz CT molecular complexity index is 543. The van der Waals surface area contributed by atoms with E-state index in [4.69, 9.17) is 4.74 Å². The van der Waals surface area contributed by atoms with Crippen LogP contribution in [0.25, 0.3) is 0 Å². The summed E-state index contributed by atoms with van der Waals surface area (Å²) < 4.78 is 40.7. The predicted molar refractivity (Wildman–Crippen MR) is 71.9 cm³/mol. The molecule has 22 heavy (non-hydrogen) atoms. The van der Waals surface area contributed by atoms with E-state index in [1.165, 1.54) is 0 Å². The van der Waals surface area contributed by atoms with Crippen molar-refractivity contribution in [2.45, 2.75) is 38.0 Å². The van der Waals surface area contributed by atoms with Gasteiger partial charge in [0.1, 0.15) is 6.61 Å². The molecule has 2 aliphatic rings. The van der Waals surface area contributed by atoms with Gasteiger partial charge in [-0.25, -0.2) is 0 Å². The number of carbonyl (C=O) groups is 2. The lowest BCUT2D eigenvalue weighted by molar-refractivity contribution is -0.185. The summed E-state index contributed by atoms with van der Waals surface area (Å²) >= 11 is 0. The highest BCUT2D eigenvalue weighted by Crippen LogP contribution is 2.34. The van der Waals surface area contributed by atoms with Crippen molar-refractivity contribution in [1.29, 1.82) is 0 Å². The number of benzene rings is 1. The van der Waals surface area contributed by atoms with Gasteiger partial charge in [-0.3, -0.25) is 14.9 Å². The van der Waals surface area contributed by atoms with Crippen LogP contribution in [0, 0.1) is 0 Å². The van der Waals surface area contributed by atoms with E-state index in [9.17, 15) is 22.8 Å². The Kier molecular flexibility index (Phi) is 5.18. The van der Waals surface area contributed by atoms with E-state index in [0.717, 1.165) is 17.5 Å². The average Bonchev–Trinajstić information content (AvgIpc) is 3.02. The summed E-state index contributed by atoms with van der Waals surface area (Å²) in [4.78, 5) is 20.2. The van der Waals surface area contributed by atoms with Crippen LogP contribution in [0.15, 0.2) is 24.3 Å². The molecule has 1 N–H and O–H groups in total. The molecule has 120 valence electrons. The molecule has 4 nitrogen and oxygen atoms in total. The summed E-state index contributed by atoms with van der Waals surface area (Å²) in [6, 6.07) is 7.49. The first-order valence-corrected chi connectivity index (χ1v) is 6.94. The summed E-state index contributed by atoms with van der Waals surface area (Å²) in [5, 5.41) is 2.14. The van der Waals surface area contributed by atoms with E-state index in [1.807, 2.05) is 24.3 Å². The number of nitrogens with one attached hydrogen (secondary N) is 1. The molecule has 1 fully saturated rings. The van der Waals surface area contributed by atoms with Crippen LogP contribution in [0.4, 0.5) is 13.2 Å². The molecule has 0 radical (unpaired) electrons. The van der Waals surface area contributed by atoms with Crippen LogP contribution in [-0.4, -0.2) is 24.6 Å². The number of aryl methyl sites for hydroxylation is 1. The number of ether oxygens (including phenoxy) is 1. The molecule has 1 aromatic carbocycles. The van der Waals surface area contributed by atoms with Crippen molar-refractivity contribution in [2.24, 2.45) is 0 Å². The average molecular weight is 315 g/mol. The van der Waals surface area contributed by atoms with E-state index in [0.29, 0.717) is 19.3 Å². The van der Waals surface area contributed by atoms with Gasteiger partial charge in [0.2, 0.25) is 11.8 Å². The highest BCUT2D eigenvalue weighted by atomic mass is 19.4. The molecule has 1 aliphatic heterocycles. The van der Waals surface area contributed by atoms with Gasteiger partial charge in [0.05, 0.1) is 6.10 Å². The Labute approximate surface area is 125 Å². The number of hydrogen-bond acceptors (Lipinski definition) is 3. The van der Waals surface area contributed by atoms with Crippen LogP contribution in [0.1, 0.15) is 36.5 Å². The van der Waals surface area contributed by atoms with Crippen LogP contribution < -0.4 is 5.32 Å². The maximum absolute atomic E-state index is 12.0. The normalized spacial score (nSPS) is 20.2. The van der Waals surface area contributed by atoms with Gasteiger partial charge in [-0.05, 0) is 24.0 Å². The fraction of sp³-hybridized carbons (Fsp3) is 0.467. The molecule has 1 aromatic rings. The third-order valence-electron chi connectivity index (χ3n) is 3.38. The first kappa shape index (κ1) is 16.5. The molecule has 0 bridgehead atoms. The maximum Gasteiger partial charge on any atom is 0.411 e. The van der Waals surface area contributed by atoms with Gasteiger partial charge in [0, 0.05) is 12.8 Å². The van der Waals surface area contributed by atoms with Crippen LogP contribution in [0.5, 0.6) is 0 Å². The van der Waals surface area contributed by atoms with Crippen LogP contribution >= 0.6 is 0 Å². The highest BCUT2D eigenvalue weighted by Gasteiger charge is 2.31. The van der Waals surface area contributed by atoms with E-state index < -0.39 is 12.8 Å². The number of halogens is 3. The Morgan fingerprint density at radius 1 is 1.09 bits per heavy atom. The lowest BCUT2D eigenvalue weighted by atomic mass is 10.1. The minimum Gasteiger partial charge on any atom is -0.364 e. The monoisotopic (exact) mass is 315 g/mol. The topological polar surface area (TPSA) is 55.4 Å². The zero-order valence-corrected chi connectivity index (χ0v) is 11.8. The van der Waals surface area contributed by atoms with Gasteiger partial charge >= 0.3 is 6.18 Å². The number of hydrogen-bond donors (Lipinski definition) is 1. The second-order valence-electron chi connectivity index (χ2n) is 5.12. The minimum absolute atomic E-state index is 0.148. The molecule has 7 heteroatoms. The van der Waals surface area contributed by atoms with Crippen molar-refractivity contribution in [2.75, 3.05) is 6.61 Å². The zero-order valence-electron chi connectivity index (χ0n) is 11.8. The second kappa shape index (κ2) is 6.91. The third kappa shape index (κ3) is 4.84. The third-order valence-corrected chi connectivity index (χ3v) is 3.38. The Morgan fingerprint density at radius 2 is 1.73 bits per heavy atom. The predicted octanol–water partition coefficient (Wildman–Crippen LogP) is 2.68. The smallest absolute Gasteiger partial charge is 0.364 e. The van der Waals surface area contributed by atoms with Crippen LogP contribution in [0.2, 0.25) is 0 Å². The molecule has 1 saturated heterocycles. The van der Waals surface area contributed by atoms with Crippen molar-refractivity contribution in [1.82, 2.24) is 5.32 Å². The van der Waals surface area contributed by atoms with Crippen molar-refractivity contribution in [3.63, 3.8) is 0 Å². The van der Waals surface area contributed by atoms with E-state index in [-0.39, 0.29) is 17.9 Å². The Hall–Kier alpha value is -1.89. The maximum atomic E-state index is 12.0. The first-order valence-electron chi connectivity index (χ1n) is 6.94. The summed E-state index contributed by atoms with van der Waals surface area (Å²) in [6.45, 7) is -1.16. The van der Waals surface area contributed by atoms with Crippen molar-refractivity contribution in [3.05, 3.63) is 35.4 Å². The molecule has 0 aromatic heterocycles. The van der Waals surface area contributed by atoms with Gasteiger partial charge in [-0.15, -0.1) is 0 Å². The number of rotatable bonds is 2. The number of amides is 2. The minimum atomic E-state index is -4.24.